The number of halogens is 3. The number of anilines is 1. The molecule has 3 aromatic carbocycles. The minimum atomic E-state index is -4.15. The van der Waals surface area contributed by atoms with E-state index in [1.54, 1.807) is 43.3 Å². The van der Waals surface area contributed by atoms with Crippen molar-refractivity contribution in [3.8, 4) is 0 Å². The molecule has 1 atom stereocenters. The van der Waals surface area contributed by atoms with Crippen molar-refractivity contribution in [2.45, 2.75) is 37.8 Å². The SMILES string of the molecule is CCCNC(=O)C(C)N(Cc1c(Cl)cccc1Cl)C(=O)CN(c1ccc(Cl)cc1)S(=O)(=O)c1ccccc1. The second-order valence-corrected chi connectivity index (χ2v) is 11.6. The normalized spacial score (nSPS) is 12.0. The average molecular weight is 597 g/mol. The Bertz CT molecular complexity index is 1350. The molecule has 2 amide bonds. The van der Waals surface area contributed by atoms with Crippen LogP contribution in [0.1, 0.15) is 25.8 Å². The van der Waals surface area contributed by atoms with E-state index in [0.717, 1.165) is 4.31 Å². The summed E-state index contributed by atoms with van der Waals surface area (Å²) in [6, 6.07) is 17.9. The third-order valence-electron chi connectivity index (χ3n) is 5.83. The third kappa shape index (κ3) is 7.20. The van der Waals surface area contributed by atoms with E-state index in [1.807, 2.05) is 6.92 Å². The van der Waals surface area contributed by atoms with E-state index >= 15 is 0 Å². The van der Waals surface area contributed by atoms with Crippen LogP contribution in [-0.2, 0) is 26.2 Å². The fraction of sp³-hybridized carbons (Fsp3) is 0.259. The quantitative estimate of drug-likeness (QED) is 0.304. The van der Waals surface area contributed by atoms with Gasteiger partial charge in [0.2, 0.25) is 11.8 Å². The molecule has 0 heterocycles. The molecule has 0 saturated carbocycles. The lowest BCUT2D eigenvalue weighted by Gasteiger charge is -2.32. The summed E-state index contributed by atoms with van der Waals surface area (Å²) in [6.07, 6.45) is 0.711. The lowest BCUT2D eigenvalue weighted by molar-refractivity contribution is -0.139. The zero-order valence-corrected chi connectivity index (χ0v) is 24.0. The maximum Gasteiger partial charge on any atom is 0.264 e. The van der Waals surface area contributed by atoms with Crippen molar-refractivity contribution in [2.24, 2.45) is 0 Å². The summed E-state index contributed by atoms with van der Waals surface area (Å²) < 4.78 is 28.4. The van der Waals surface area contributed by atoms with E-state index in [-0.39, 0.29) is 23.0 Å². The number of rotatable bonds is 11. The number of sulfonamides is 1. The average Bonchev–Trinajstić information content (AvgIpc) is 2.90. The van der Waals surface area contributed by atoms with Crippen LogP contribution >= 0.6 is 34.8 Å². The molecule has 7 nitrogen and oxygen atoms in total. The molecular formula is C27H28Cl3N3O4S. The summed E-state index contributed by atoms with van der Waals surface area (Å²) in [5.74, 6) is -0.998. The van der Waals surface area contributed by atoms with Gasteiger partial charge in [0, 0.05) is 33.7 Å². The molecular weight excluding hydrogens is 569 g/mol. The number of benzene rings is 3. The van der Waals surface area contributed by atoms with Crippen molar-refractivity contribution in [3.63, 3.8) is 0 Å². The number of amides is 2. The van der Waals surface area contributed by atoms with Gasteiger partial charge in [-0.15, -0.1) is 0 Å². The first-order valence-corrected chi connectivity index (χ1v) is 14.5. The maximum absolute atomic E-state index is 13.8. The van der Waals surface area contributed by atoms with Crippen LogP contribution in [0.15, 0.2) is 77.7 Å². The minimum Gasteiger partial charge on any atom is -0.354 e. The van der Waals surface area contributed by atoms with Crippen LogP contribution in [0.2, 0.25) is 15.1 Å². The van der Waals surface area contributed by atoms with Crippen molar-refractivity contribution in [2.75, 3.05) is 17.4 Å². The Kier molecular flexibility index (Phi) is 10.4. The lowest BCUT2D eigenvalue weighted by atomic mass is 10.1. The van der Waals surface area contributed by atoms with Crippen molar-refractivity contribution in [1.29, 1.82) is 0 Å². The number of hydrogen-bond donors (Lipinski definition) is 1. The monoisotopic (exact) mass is 595 g/mol. The van der Waals surface area contributed by atoms with Crippen LogP contribution in [0.4, 0.5) is 5.69 Å². The Hall–Kier alpha value is -2.78. The molecule has 0 spiro atoms. The van der Waals surface area contributed by atoms with Crippen molar-refractivity contribution in [1.82, 2.24) is 10.2 Å². The van der Waals surface area contributed by atoms with E-state index in [1.165, 1.54) is 41.3 Å². The molecule has 1 unspecified atom stereocenters. The number of nitrogens with one attached hydrogen (secondary N) is 1. The maximum atomic E-state index is 13.8. The first kappa shape index (κ1) is 29.8. The molecule has 1 N–H and O–H groups in total. The molecule has 0 aliphatic rings. The lowest BCUT2D eigenvalue weighted by Crippen LogP contribution is -2.51. The number of carbonyl (C=O) groups excluding carboxylic acids is 2. The molecule has 0 radical (unpaired) electrons. The molecule has 0 aromatic heterocycles. The van der Waals surface area contributed by atoms with Crippen molar-refractivity contribution >= 4 is 62.3 Å². The summed E-state index contributed by atoms with van der Waals surface area (Å²) >= 11 is 18.8. The van der Waals surface area contributed by atoms with E-state index in [2.05, 4.69) is 5.32 Å². The van der Waals surface area contributed by atoms with Gasteiger partial charge in [-0.25, -0.2) is 8.42 Å². The van der Waals surface area contributed by atoms with Gasteiger partial charge < -0.3 is 10.2 Å². The zero-order chi connectivity index (χ0) is 27.9. The topological polar surface area (TPSA) is 86.8 Å². The predicted octanol–water partition coefficient (Wildman–Crippen LogP) is 5.79. The van der Waals surface area contributed by atoms with Gasteiger partial charge in [-0.3, -0.25) is 13.9 Å². The summed E-state index contributed by atoms with van der Waals surface area (Å²) in [5, 5.41) is 3.84. The fourth-order valence-electron chi connectivity index (χ4n) is 3.69. The number of nitrogens with zero attached hydrogens (tertiary/aromatic N) is 2. The van der Waals surface area contributed by atoms with Gasteiger partial charge in [0.05, 0.1) is 10.6 Å². The Balaban J connectivity index is 2.04. The van der Waals surface area contributed by atoms with E-state index in [4.69, 9.17) is 34.8 Å². The highest BCUT2D eigenvalue weighted by Gasteiger charge is 2.33. The van der Waals surface area contributed by atoms with Crippen LogP contribution in [0, 0.1) is 0 Å². The fourth-order valence-corrected chi connectivity index (χ4v) is 5.77. The van der Waals surface area contributed by atoms with Gasteiger partial charge in [0.25, 0.3) is 10.0 Å². The molecule has 0 bridgehead atoms. The Morgan fingerprint density at radius 2 is 1.50 bits per heavy atom. The largest absolute Gasteiger partial charge is 0.354 e. The molecule has 202 valence electrons. The highest BCUT2D eigenvalue weighted by molar-refractivity contribution is 7.92. The first-order chi connectivity index (χ1) is 18.1. The van der Waals surface area contributed by atoms with Gasteiger partial charge in [-0.2, -0.15) is 0 Å². The van der Waals surface area contributed by atoms with Gasteiger partial charge in [0.1, 0.15) is 12.6 Å². The number of hydrogen-bond acceptors (Lipinski definition) is 4. The van der Waals surface area contributed by atoms with Crippen LogP contribution < -0.4 is 9.62 Å². The van der Waals surface area contributed by atoms with E-state index in [0.29, 0.717) is 33.6 Å². The van der Waals surface area contributed by atoms with Gasteiger partial charge in [-0.1, -0.05) is 66.0 Å². The van der Waals surface area contributed by atoms with Crippen molar-refractivity contribution in [3.05, 3.63) is 93.4 Å². The number of carbonyl (C=O) groups is 2. The Morgan fingerprint density at radius 1 is 0.895 bits per heavy atom. The second-order valence-electron chi connectivity index (χ2n) is 8.49. The second kappa shape index (κ2) is 13.3. The van der Waals surface area contributed by atoms with E-state index in [9.17, 15) is 18.0 Å². The molecule has 3 rings (SSSR count). The third-order valence-corrected chi connectivity index (χ3v) is 8.58. The minimum absolute atomic E-state index is 0.0113. The Morgan fingerprint density at radius 3 is 2.08 bits per heavy atom. The Labute approximate surface area is 238 Å². The summed E-state index contributed by atoms with van der Waals surface area (Å²) in [5.41, 5.74) is 0.689. The molecule has 0 saturated heterocycles. The summed E-state index contributed by atoms with van der Waals surface area (Å²) in [7, 11) is -4.15. The molecule has 0 fully saturated rings. The highest BCUT2D eigenvalue weighted by atomic mass is 35.5. The smallest absolute Gasteiger partial charge is 0.264 e. The predicted molar refractivity (Wildman–Crippen MR) is 152 cm³/mol. The zero-order valence-electron chi connectivity index (χ0n) is 20.9. The van der Waals surface area contributed by atoms with Crippen LogP contribution in [0.25, 0.3) is 0 Å². The highest BCUT2D eigenvalue weighted by Crippen LogP contribution is 2.28. The van der Waals surface area contributed by atoms with Crippen molar-refractivity contribution < 1.29 is 18.0 Å². The molecule has 0 aliphatic heterocycles. The molecule has 11 heteroatoms. The van der Waals surface area contributed by atoms with Crippen LogP contribution in [-0.4, -0.2) is 44.3 Å². The molecule has 38 heavy (non-hydrogen) atoms. The van der Waals surface area contributed by atoms with Gasteiger partial charge in [-0.05, 0) is 61.9 Å². The molecule has 0 aliphatic carbocycles. The summed E-state index contributed by atoms with van der Waals surface area (Å²) in [6.45, 7) is 3.24. The molecule has 3 aromatic rings. The van der Waals surface area contributed by atoms with Crippen LogP contribution in [0.3, 0.4) is 0 Å². The standard InChI is InChI=1S/C27H28Cl3N3O4S/c1-3-16-31-27(35)19(2)32(17-23-24(29)10-7-11-25(23)30)26(34)18-33(21-14-12-20(28)13-15-21)38(36,37)22-8-5-4-6-9-22/h4-15,19H,3,16-18H2,1-2H3,(H,31,35). The first-order valence-electron chi connectivity index (χ1n) is 11.9. The van der Waals surface area contributed by atoms with E-state index < -0.39 is 28.5 Å². The summed E-state index contributed by atoms with van der Waals surface area (Å²) in [4.78, 5) is 28.0. The van der Waals surface area contributed by atoms with Gasteiger partial charge >= 0.3 is 0 Å². The van der Waals surface area contributed by atoms with Gasteiger partial charge in [0.15, 0.2) is 0 Å². The van der Waals surface area contributed by atoms with Crippen LogP contribution in [0.5, 0.6) is 0 Å².